The summed E-state index contributed by atoms with van der Waals surface area (Å²) in [5, 5.41) is 2.99. The number of fused-ring (bicyclic) bond motifs is 1. The van der Waals surface area contributed by atoms with Gasteiger partial charge in [-0.1, -0.05) is 18.2 Å². The van der Waals surface area contributed by atoms with Crippen molar-refractivity contribution in [2.24, 2.45) is 0 Å². The van der Waals surface area contributed by atoms with E-state index in [9.17, 15) is 4.79 Å². The molecule has 4 heteroatoms. The molecule has 0 unspecified atom stereocenters. The molecule has 4 nitrogen and oxygen atoms in total. The van der Waals surface area contributed by atoms with Crippen molar-refractivity contribution in [3.8, 4) is 11.5 Å². The molecule has 1 aliphatic rings. The highest BCUT2D eigenvalue weighted by Crippen LogP contribution is 2.30. The van der Waals surface area contributed by atoms with Gasteiger partial charge in [0.15, 0.2) is 6.10 Å². The summed E-state index contributed by atoms with van der Waals surface area (Å²) in [6, 6.07) is 12.1. The van der Waals surface area contributed by atoms with E-state index in [1.165, 1.54) is 35.1 Å². The summed E-state index contributed by atoms with van der Waals surface area (Å²) in [5.74, 6) is 1.55. The van der Waals surface area contributed by atoms with E-state index < -0.39 is 6.10 Å². The van der Waals surface area contributed by atoms with Crippen molar-refractivity contribution < 1.29 is 14.3 Å². The normalized spacial score (nSPS) is 15.3. The van der Waals surface area contributed by atoms with Crippen LogP contribution in [0.5, 0.6) is 11.5 Å². The van der Waals surface area contributed by atoms with Gasteiger partial charge in [-0.05, 0) is 93.8 Å². The highest BCUT2D eigenvalue weighted by Gasteiger charge is 2.20. The lowest BCUT2D eigenvalue weighted by Crippen LogP contribution is -2.43. The van der Waals surface area contributed by atoms with E-state index in [-0.39, 0.29) is 11.9 Å². The Morgan fingerprint density at radius 3 is 2.64 bits per heavy atom. The zero-order valence-corrected chi connectivity index (χ0v) is 17.4. The number of ether oxygens (including phenoxy) is 2. The van der Waals surface area contributed by atoms with Crippen molar-refractivity contribution in [1.29, 1.82) is 0 Å². The van der Waals surface area contributed by atoms with Crippen LogP contribution in [0.3, 0.4) is 0 Å². The molecule has 1 N–H and O–H groups in total. The van der Waals surface area contributed by atoms with E-state index in [2.05, 4.69) is 25.2 Å². The summed E-state index contributed by atoms with van der Waals surface area (Å²) in [7, 11) is 0. The molecule has 150 valence electrons. The van der Waals surface area contributed by atoms with Crippen LogP contribution in [-0.4, -0.2) is 24.7 Å². The molecule has 0 radical (unpaired) electrons. The number of hydrogen-bond acceptors (Lipinski definition) is 3. The second-order valence-corrected chi connectivity index (χ2v) is 7.83. The first-order valence-electron chi connectivity index (χ1n) is 10.2. The minimum Gasteiger partial charge on any atom is -0.491 e. The van der Waals surface area contributed by atoms with Crippen molar-refractivity contribution in [1.82, 2.24) is 5.32 Å². The highest BCUT2D eigenvalue weighted by atomic mass is 16.5. The van der Waals surface area contributed by atoms with E-state index in [1.54, 1.807) is 6.92 Å². The molecular weight excluding hydrogens is 350 g/mol. The summed E-state index contributed by atoms with van der Waals surface area (Å²) in [6.45, 7) is 8.30. The minimum absolute atomic E-state index is 0.107. The largest absolute Gasteiger partial charge is 0.491 e. The van der Waals surface area contributed by atoms with E-state index >= 15 is 0 Å². The Balaban J connectivity index is 1.51. The predicted octanol–water partition coefficient (Wildman–Crippen LogP) is 4.53. The summed E-state index contributed by atoms with van der Waals surface area (Å²) in [6.07, 6.45) is 3.99. The number of aryl methyl sites for hydroxylation is 3. The molecule has 2 atom stereocenters. The molecule has 0 fully saturated rings. The van der Waals surface area contributed by atoms with Crippen molar-refractivity contribution in [2.45, 2.75) is 65.5 Å². The van der Waals surface area contributed by atoms with Gasteiger partial charge in [-0.2, -0.15) is 0 Å². The SMILES string of the molecule is Cc1ccc(OC[C@H](C)NC(=O)[C@@H](C)Oc2cccc3c2CCCC3)cc1C. The van der Waals surface area contributed by atoms with Crippen LogP contribution in [0.1, 0.15) is 48.9 Å². The number of rotatable bonds is 7. The smallest absolute Gasteiger partial charge is 0.261 e. The van der Waals surface area contributed by atoms with Gasteiger partial charge >= 0.3 is 0 Å². The molecule has 1 aliphatic carbocycles. The first-order chi connectivity index (χ1) is 13.4. The fourth-order valence-corrected chi connectivity index (χ4v) is 3.53. The van der Waals surface area contributed by atoms with Crippen LogP contribution >= 0.6 is 0 Å². The first-order valence-corrected chi connectivity index (χ1v) is 10.2. The molecule has 28 heavy (non-hydrogen) atoms. The van der Waals surface area contributed by atoms with Gasteiger partial charge in [0.25, 0.3) is 5.91 Å². The van der Waals surface area contributed by atoms with E-state index in [4.69, 9.17) is 9.47 Å². The Hall–Kier alpha value is -2.49. The molecule has 0 heterocycles. The maximum atomic E-state index is 12.5. The van der Waals surface area contributed by atoms with Gasteiger partial charge in [0.05, 0.1) is 6.04 Å². The molecule has 1 amide bonds. The molecule has 0 spiro atoms. The molecule has 2 aromatic rings. The Bertz CT molecular complexity index is 831. The summed E-state index contributed by atoms with van der Waals surface area (Å²) >= 11 is 0. The fraction of sp³-hybridized carbons (Fsp3) is 0.458. The average Bonchev–Trinajstić information content (AvgIpc) is 2.69. The lowest BCUT2D eigenvalue weighted by Gasteiger charge is -2.23. The van der Waals surface area contributed by atoms with Gasteiger partial charge in [0.1, 0.15) is 18.1 Å². The van der Waals surface area contributed by atoms with Gasteiger partial charge in [-0.3, -0.25) is 4.79 Å². The van der Waals surface area contributed by atoms with Crippen LogP contribution in [0.25, 0.3) is 0 Å². The number of amides is 1. The molecule has 0 aromatic heterocycles. The van der Waals surface area contributed by atoms with Crippen molar-refractivity contribution in [2.75, 3.05) is 6.61 Å². The number of hydrogen-bond donors (Lipinski definition) is 1. The lowest BCUT2D eigenvalue weighted by molar-refractivity contribution is -0.128. The van der Waals surface area contributed by atoms with E-state index in [0.717, 1.165) is 24.3 Å². The molecule has 3 rings (SSSR count). The summed E-state index contributed by atoms with van der Waals surface area (Å²) < 4.78 is 11.8. The summed E-state index contributed by atoms with van der Waals surface area (Å²) in [5.41, 5.74) is 5.05. The second-order valence-electron chi connectivity index (χ2n) is 7.83. The third kappa shape index (κ3) is 5.06. The first kappa shape index (κ1) is 20.2. The van der Waals surface area contributed by atoms with Gasteiger partial charge in [0.2, 0.25) is 0 Å². The van der Waals surface area contributed by atoms with E-state index in [0.29, 0.717) is 6.61 Å². The Kier molecular flexibility index (Phi) is 6.61. The minimum atomic E-state index is -0.544. The van der Waals surface area contributed by atoms with Gasteiger partial charge in [0, 0.05) is 0 Å². The highest BCUT2D eigenvalue weighted by molar-refractivity contribution is 5.81. The standard InChI is InChI=1S/C24H31NO3/c1-16-12-13-21(14-17(16)2)27-15-18(3)25-24(26)19(4)28-23-11-7-9-20-8-5-6-10-22(20)23/h7,9,11-14,18-19H,5-6,8,10,15H2,1-4H3,(H,25,26)/t18-,19+/m0/s1. The third-order valence-corrected chi connectivity index (χ3v) is 5.39. The van der Waals surface area contributed by atoms with Crippen LogP contribution < -0.4 is 14.8 Å². The molecule has 0 bridgehead atoms. The number of nitrogens with one attached hydrogen (secondary N) is 1. The number of carbonyl (C=O) groups excluding carboxylic acids is 1. The Morgan fingerprint density at radius 2 is 1.86 bits per heavy atom. The summed E-state index contributed by atoms with van der Waals surface area (Å²) in [4.78, 5) is 12.5. The average molecular weight is 382 g/mol. The third-order valence-electron chi connectivity index (χ3n) is 5.39. The van der Waals surface area contributed by atoms with E-state index in [1.807, 2.05) is 37.3 Å². The molecule has 0 saturated heterocycles. The van der Waals surface area contributed by atoms with Gasteiger partial charge < -0.3 is 14.8 Å². The van der Waals surface area contributed by atoms with Crippen molar-refractivity contribution in [3.05, 3.63) is 58.7 Å². The number of benzene rings is 2. The van der Waals surface area contributed by atoms with Crippen LogP contribution in [0.4, 0.5) is 0 Å². The fourth-order valence-electron chi connectivity index (χ4n) is 3.53. The Labute approximate surface area is 168 Å². The Morgan fingerprint density at radius 1 is 1.07 bits per heavy atom. The second kappa shape index (κ2) is 9.13. The molecule has 0 saturated carbocycles. The van der Waals surface area contributed by atoms with Crippen LogP contribution in [0, 0.1) is 13.8 Å². The molecule has 2 aromatic carbocycles. The van der Waals surface area contributed by atoms with Crippen LogP contribution in [0.2, 0.25) is 0 Å². The van der Waals surface area contributed by atoms with Gasteiger partial charge in [-0.15, -0.1) is 0 Å². The number of carbonyl (C=O) groups is 1. The quantitative estimate of drug-likeness (QED) is 0.766. The maximum Gasteiger partial charge on any atom is 0.261 e. The predicted molar refractivity (Wildman–Crippen MR) is 112 cm³/mol. The maximum absolute atomic E-state index is 12.5. The molecular formula is C24H31NO3. The van der Waals surface area contributed by atoms with Crippen LogP contribution in [0.15, 0.2) is 36.4 Å². The lowest BCUT2D eigenvalue weighted by atomic mass is 9.91. The monoisotopic (exact) mass is 381 g/mol. The van der Waals surface area contributed by atoms with Crippen molar-refractivity contribution >= 4 is 5.91 Å². The van der Waals surface area contributed by atoms with Gasteiger partial charge in [-0.25, -0.2) is 0 Å². The molecule has 0 aliphatic heterocycles. The zero-order chi connectivity index (χ0) is 20.1. The topological polar surface area (TPSA) is 47.6 Å². The van der Waals surface area contributed by atoms with Crippen molar-refractivity contribution in [3.63, 3.8) is 0 Å². The zero-order valence-electron chi connectivity index (χ0n) is 17.4. The van der Waals surface area contributed by atoms with Crippen LogP contribution in [-0.2, 0) is 17.6 Å².